The lowest BCUT2D eigenvalue weighted by molar-refractivity contribution is 0.589. The zero-order valence-corrected chi connectivity index (χ0v) is 16.8. The van der Waals surface area contributed by atoms with E-state index in [0.717, 1.165) is 43.6 Å². The molecular formula is C20H20ClFN8. The van der Waals surface area contributed by atoms with Crippen LogP contribution in [0.5, 0.6) is 0 Å². The number of aromatic nitrogens is 5. The van der Waals surface area contributed by atoms with Crippen LogP contribution in [0, 0.1) is 5.82 Å². The highest BCUT2D eigenvalue weighted by Crippen LogP contribution is 2.28. The molecule has 1 saturated heterocycles. The van der Waals surface area contributed by atoms with Crippen molar-refractivity contribution in [3.63, 3.8) is 0 Å². The number of aromatic amines is 1. The number of nitrogens with one attached hydrogen (secondary N) is 3. The molecule has 1 aliphatic heterocycles. The summed E-state index contributed by atoms with van der Waals surface area (Å²) in [5.74, 6) is 0.358. The highest BCUT2D eigenvalue weighted by molar-refractivity contribution is 5.91. The molecule has 1 aliphatic rings. The highest BCUT2D eigenvalue weighted by atomic mass is 35.5. The Hall–Kier alpha value is -3.30. The quantitative estimate of drug-likeness (QED) is 0.461. The molecule has 10 heteroatoms. The second kappa shape index (κ2) is 8.60. The molecule has 0 unspecified atom stereocenters. The third kappa shape index (κ3) is 3.89. The smallest absolute Gasteiger partial charge is 0.229 e. The molecule has 0 spiro atoms. The van der Waals surface area contributed by atoms with Gasteiger partial charge >= 0.3 is 0 Å². The SMILES string of the molecule is Cl.Fc1cnc(Nc2ccc(N3CCNCC3)cn2)nc1-c1c[nH]c2cccnc12. The molecule has 0 bridgehead atoms. The summed E-state index contributed by atoms with van der Waals surface area (Å²) in [7, 11) is 0. The van der Waals surface area contributed by atoms with Crippen LogP contribution >= 0.6 is 12.4 Å². The zero-order valence-electron chi connectivity index (χ0n) is 16.0. The summed E-state index contributed by atoms with van der Waals surface area (Å²) in [5, 5.41) is 6.38. The molecule has 0 aromatic carbocycles. The van der Waals surface area contributed by atoms with Crippen molar-refractivity contribution in [1.82, 2.24) is 30.2 Å². The van der Waals surface area contributed by atoms with E-state index in [4.69, 9.17) is 0 Å². The van der Waals surface area contributed by atoms with Gasteiger partial charge in [-0.05, 0) is 24.3 Å². The maximum absolute atomic E-state index is 14.4. The molecule has 3 N–H and O–H groups in total. The summed E-state index contributed by atoms with van der Waals surface area (Å²) in [4.78, 5) is 22.6. The van der Waals surface area contributed by atoms with Crippen LogP contribution in [0.25, 0.3) is 22.3 Å². The second-order valence-electron chi connectivity index (χ2n) is 6.76. The summed E-state index contributed by atoms with van der Waals surface area (Å²) in [6.45, 7) is 3.85. The molecule has 30 heavy (non-hydrogen) atoms. The van der Waals surface area contributed by atoms with Crippen LogP contribution in [0.2, 0.25) is 0 Å². The number of piperazine rings is 1. The van der Waals surface area contributed by atoms with Gasteiger partial charge in [0.25, 0.3) is 0 Å². The number of hydrogen-bond donors (Lipinski definition) is 3. The van der Waals surface area contributed by atoms with Crippen LogP contribution in [0.3, 0.4) is 0 Å². The van der Waals surface area contributed by atoms with Gasteiger partial charge in [0, 0.05) is 44.1 Å². The van der Waals surface area contributed by atoms with Crippen molar-refractivity contribution in [2.45, 2.75) is 0 Å². The number of nitrogens with zero attached hydrogens (tertiary/aromatic N) is 5. The molecular weight excluding hydrogens is 407 g/mol. The van der Waals surface area contributed by atoms with Gasteiger partial charge in [-0.1, -0.05) is 0 Å². The predicted octanol–water partition coefficient (Wildman–Crippen LogP) is 3.13. The van der Waals surface area contributed by atoms with Gasteiger partial charge in [0.2, 0.25) is 5.95 Å². The fraction of sp³-hybridized carbons (Fsp3) is 0.200. The van der Waals surface area contributed by atoms with Crippen LogP contribution in [-0.4, -0.2) is 51.1 Å². The van der Waals surface area contributed by atoms with Gasteiger partial charge in [-0.3, -0.25) is 4.98 Å². The molecule has 5 heterocycles. The fourth-order valence-corrected chi connectivity index (χ4v) is 3.44. The maximum Gasteiger partial charge on any atom is 0.229 e. The molecule has 4 aromatic rings. The summed E-state index contributed by atoms with van der Waals surface area (Å²) >= 11 is 0. The monoisotopic (exact) mass is 426 g/mol. The molecule has 154 valence electrons. The Morgan fingerprint density at radius 2 is 1.90 bits per heavy atom. The van der Waals surface area contributed by atoms with Gasteiger partial charge in [0.1, 0.15) is 11.5 Å². The number of anilines is 3. The third-order valence-electron chi connectivity index (χ3n) is 4.90. The van der Waals surface area contributed by atoms with E-state index < -0.39 is 5.82 Å². The molecule has 0 aliphatic carbocycles. The predicted molar refractivity (Wildman–Crippen MR) is 117 cm³/mol. The summed E-state index contributed by atoms with van der Waals surface area (Å²) in [5.41, 5.74) is 3.33. The number of fused-ring (bicyclic) bond motifs is 1. The second-order valence-corrected chi connectivity index (χ2v) is 6.76. The van der Waals surface area contributed by atoms with Gasteiger partial charge in [-0.2, -0.15) is 0 Å². The van der Waals surface area contributed by atoms with Crippen LogP contribution in [-0.2, 0) is 0 Å². The van der Waals surface area contributed by atoms with Crippen molar-refractivity contribution >= 4 is 40.9 Å². The standard InChI is InChI=1S/C20H19FN8.ClH/c21-15-12-26-20(28-18(15)14-11-24-16-2-1-5-23-19(14)16)27-17-4-3-13(10-25-17)29-8-6-22-7-9-29;/h1-5,10-12,22,24H,6-9H2,(H,25,26,27,28);1H. The van der Waals surface area contributed by atoms with E-state index in [-0.39, 0.29) is 24.0 Å². The lowest BCUT2D eigenvalue weighted by Crippen LogP contribution is -2.43. The van der Waals surface area contributed by atoms with E-state index in [2.05, 4.69) is 40.5 Å². The van der Waals surface area contributed by atoms with Crippen molar-refractivity contribution in [2.75, 3.05) is 36.4 Å². The Morgan fingerprint density at radius 3 is 2.70 bits per heavy atom. The molecule has 0 atom stereocenters. The number of halogens is 2. The van der Waals surface area contributed by atoms with Gasteiger partial charge in [0.15, 0.2) is 5.82 Å². The highest BCUT2D eigenvalue weighted by Gasteiger charge is 2.15. The van der Waals surface area contributed by atoms with Crippen molar-refractivity contribution in [2.24, 2.45) is 0 Å². The molecule has 0 radical (unpaired) electrons. The van der Waals surface area contributed by atoms with Crippen LogP contribution < -0.4 is 15.5 Å². The lowest BCUT2D eigenvalue weighted by Gasteiger charge is -2.29. The summed E-state index contributed by atoms with van der Waals surface area (Å²) in [6.07, 6.45) is 6.35. The first-order valence-electron chi connectivity index (χ1n) is 9.42. The first kappa shape index (κ1) is 20.0. The molecule has 5 rings (SSSR count). The molecule has 8 nitrogen and oxygen atoms in total. The van der Waals surface area contributed by atoms with E-state index in [1.807, 2.05) is 30.5 Å². The number of hydrogen-bond acceptors (Lipinski definition) is 7. The Kier molecular flexibility index (Phi) is 5.73. The largest absolute Gasteiger partial charge is 0.368 e. The Balaban J connectivity index is 0.00000218. The van der Waals surface area contributed by atoms with Crippen LogP contribution in [0.15, 0.2) is 49.1 Å². The average molecular weight is 427 g/mol. The minimum Gasteiger partial charge on any atom is -0.368 e. The van der Waals surface area contributed by atoms with E-state index in [1.54, 1.807) is 12.4 Å². The minimum atomic E-state index is -0.510. The molecule has 0 saturated carbocycles. The Labute approximate surface area is 178 Å². The Morgan fingerprint density at radius 1 is 1.03 bits per heavy atom. The normalized spacial score (nSPS) is 13.8. The first-order chi connectivity index (χ1) is 14.3. The third-order valence-corrected chi connectivity index (χ3v) is 4.90. The number of pyridine rings is 2. The van der Waals surface area contributed by atoms with E-state index >= 15 is 0 Å². The molecule has 0 amide bonds. The topological polar surface area (TPSA) is 94.6 Å². The first-order valence-corrected chi connectivity index (χ1v) is 9.42. The summed E-state index contributed by atoms with van der Waals surface area (Å²) < 4.78 is 14.4. The van der Waals surface area contributed by atoms with E-state index in [9.17, 15) is 4.39 Å². The van der Waals surface area contributed by atoms with Gasteiger partial charge in [0.05, 0.1) is 29.1 Å². The van der Waals surface area contributed by atoms with Crippen LogP contribution in [0.1, 0.15) is 0 Å². The van der Waals surface area contributed by atoms with Crippen molar-refractivity contribution in [3.05, 3.63) is 54.9 Å². The van der Waals surface area contributed by atoms with E-state index in [0.29, 0.717) is 16.9 Å². The van der Waals surface area contributed by atoms with Gasteiger partial charge in [-0.25, -0.2) is 19.3 Å². The minimum absolute atomic E-state index is 0. The number of H-pyrrole nitrogens is 1. The molecule has 1 fully saturated rings. The lowest BCUT2D eigenvalue weighted by atomic mass is 10.2. The van der Waals surface area contributed by atoms with Crippen molar-refractivity contribution in [1.29, 1.82) is 0 Å². The molecule has 4 aromatic heterocycles. The Bertz CT molecular complexity index is 1140. The average Bonchev–Trinajstić information content (AvgIpc) is 3.20. The van der Waals surface area contributed by atoms with Gasteiger partial charge in [-0.15, -0.1) is 12.4 Å². The van der Waals surface area contributed by atoms with Crippen LogP contribution in [0.4, 0.5) is 21.8 Å². The van der Waals surface area contributed by atoms with Crippen molar-refractivity contribution < 1.29 is 4.39 Å². The van der Waals surface area contributed by atoms with Crippen molar-refractivity contribution in [3.8, 4) is 11.3 Å². The van der Waals surface area contributed by atoms with Gasteiger partial charge < -0.3 is 20.5 Å². The maximum atomic E-state index is 14.4. The summed E-state index contributed by atoms with van der Waals surface area (Å²) in [6, 6.07) is 7.58. The van der Waals surface area contributed by atoms with E-state index in [1.165, 1.54) is 0 Å². The number of rotatable bonds is 4. The zero-order chi connectivity index (χ0) is 19.6. The fourth-order valence-electron chi connectivity index (χ4n) is 3.44.